The summed E-state index contributed by atoms with van der Waals surface area (Å²) in [4.78, 5) is 0. The van der Waals surface area contributed by atoms with Gasteiger partial charge in [-0.15, -0.1) is 0 Å². The van der Waals surface area contributed by atoms with Gasteiger partial charge >= 0.3 is 0 Å². The largest absolute Gasteiger partial charge is 0.508 e. The number of phenolic OH excluding ortho intramolecular Hbond substituents is 2. The molecule has 3 N–H and O–H groups in total. The fourth-order valence-corrected chi connectivity index (χ4v) is 3.39. The maximum absolute atomic E-state index is 10.3. The zero-order valence-corrected chi connectivity index (χ0v) is 19.6. The van der Waals surface area contributed by atoms with Crippen LogP contribution in [0.5, 0.6) is 11.5 Å². The molecule has 1 aromatic rings. The molecule has 0 aromatic heterocycles. The summed E-state index contributed by atoms with van der Waals surface area (Å²) in [6.45, 7) is 12.2. The fourth-order valence-electron chi connectivity index (χ4n) is 3.39. The zero-order valence-electron chi connectivity index (χ0n) is 19.6. The quantitative estimate of drug-likeness (QED) is 0.269. The molecule has 0 amide bonds. The van der Waals surface area contributed by atoms with Gasteiger partial charge in [0.1, 0.15) is 11.5 Å². The van der Waals surface area contributed by atoms with Gasteiger partial charge in [0, 0.05) is 5.56 Å². The van der Waals surface area contributed by atoms with E-state index in [1.165, 1.54) is 22.3 Å². The van der Waals surface area contributed by atoms with E-state index in [0.717, 1.165) is 31.2 Å². The SMILES string of the molecule is CC(C)=CCC/C(C)=C/C(O)C/C(C)=C/CC/C(C)=C/Cc1cc(O)cc(C)c1O. The highest BCUT2D eigenvalue weighted by Crippen LogP contribution is 2.28. The second-order valence-electron chi connectivity index (χ2n) is 8.72. The third kappa shape index (κ3) is 10.5. The lowest BCUT2D eigenvalue weighted by Gasteiger charge is -2.09. The van der Waals surface area contributed by atoms with Crippen LogP contribution in [0.15, 0.2) is 58.7 Å². The Bertz CT molecular complexity index is 806. The van der Waals surface area contributed by atoms with Gasteiger partial charge in [-0.2, -0.15) is 0 Å². The number of aromatic hydroxyl groups is 2. The molecule has 0 fully saturated rings. The van der Waals surface area contributed by atoms with Crippen molar-refractivity contribution in [3.8, 4) is 11.5 Å². The Kier molecular flexibility index (Phi) is 11.3. The summed E-state index contributed by atoms with van der Waals surface area (Å²) in [5.41, 5.74) is 6.44. The summed E-state index contributed by atoms with van der Waals surface area (Å²) in [5.74, 6) is 0.440. The van der Waals surface area contributed by atoms with Gasteiger partial charge < -0.3 is 15.3 Å². The van der Waals surface area contributed by atoms with Crippen LogP contribution in [0, 0.1) is 6.92 Å². The van der Waals surface area contributed by atoms with Gasteiger partial charge in [0.15, 0.2) is 0 Å². The monoisotopic (exact) mass is 412 g/mol. The van der Waals surface area contributed by atoms with Crippen molar-refractivity contribution >= 4 is 0 Å². The molecule has 166 valence electrons. The molecule has 0 radical (unpaired) electrons. The Morgan fingerprint density at radius 1 is 0.867 bits per heavy atom. The molecular formula is C27H40O3. The van der Waals surface area contributed by atoms with E-state index < -0.39 is 6.10 Å². The summed E-state index contributed by atoms with van der Waals surface area (Å²) in [6, 6.07) is 3.18. The number of benzene rings is 1. The fraction of sp³-hybridized carbons (Fsp3) is 0.481. The van der Waals surface area contributed by atoms with Crippen LogP contribution in [-0.2, 0) is 6.42 Å². The van der Waals surface area contributed by atoms with Crippen LogP contribution in [0.1, 0.15) is 77.8 Å². The van der Waals surface area contributed by atoms with Crippen LogP contribution >= 0.6 is 0 Å². The molecule has 0 aliphatic carbocycles. The lowest BCUT2D eigenvalue weighted by atomic mass is 10.0. The summed E-state index contributed by atoms with van der Waals surface area (Å²) >= 11 is 0. The van der Waals surface area contributed by atoms with Crippen molar-refractivity contribution < 1.29 is 15.3 Å². The maximum Gasteiger partial charge on any atom is 0.122 e. The second-order valence-corrected chi connectivity index (χ2v) is 8.72. The Balaban J connectivity index is 2.48. The third-order valence-corrected chi connectivity index (χ3v) is 5.17. The standard InChI is InChI=1S/C27H40O3/c1-19(2)9-7-11-21(4)15-25(28)16-22(5)12-8-10-20(3)13-14-24-18-26(29)17-23(6)27(24)30/h9,12-13,15,17-18,25,28-30H,7-8,10-11,14,16H2,1-6H3/b20-13+,21-15+,22-12+. The number of aryl methyl sites for hydroxylation is 1. The van der Waals surface area contributed by atoms with Gasteiger partial charge in [-0.3, -0.25) is 0 Å². The summed E-state index contributed by atoms with van der Waals surface area (Å²) < 4.78 is 0. The van der Waals surface area contributed by atoms with Crippen molar-refractivity contribution in [3.63, 3.8) is 0 Å². The van der Waals surface area contributed by atoms with E-state index in [9.17, 15) is 15.3 Å². The average Bonchev–Trinajstić information content (AvgIpc) is 2.62. The molecule has 0 bridgehead atoms. The first-order chi connectivity index (χ1) is 14.1. The first-order valence-corrected chi connectivity index (χ1v) is 10.9. The van der Waals surface area contributed by atoms with E-state index in [4.69, 9.17) is 0 Å². The van der Waals surface area contributed by atoms with Crippen LogP contribution in [0.2, 0.25) is 0 Å². The zero-order chi connectivity index (χ0) is 22.7. The van der Waals surface area contributed by atoms with Crippen molar-refractivity contribution in [1.82, 2.24) is 0 Å². The number of hydrogen-bond donors (Lipinski definition) is 3. The first-order valence-electron chi connectivity index (χ1n) is 10.9. The highest BCUT2D eigenvalue weighted by molar-refractivity contribution is 5.46. The summed E-state index contributed by atoms with van der Waals surface area (Å²) in [6.07, 6.45) is 13.2. The Labute approximate surface area is 183 Å². The van der Waals surface area contributed by atoms with Crippen LogP contribution in [0.3, 0.4) is 0 Å². The molecule has 30 heavy (non-hydrogen) atoms. The van der Waals surface area contributed by atoms with Crippen molar-refractivity contribution in [3.05, 3.63) is 69.9 Å². The van der Waals surface area contributed by atoms with Gasteiger partial charge in [0.05, 0.1) is 6.10 Å². The van der Waals surface area contributed by atoms with E-state index in [0.29, 0.717) is 18.4 Å². The van der Waals surface area contributed by atoms with E-state index in [1.54, 1.807) is 19.1 Å². The predicted octanol–water partition coefficient (Wildman–Crippen LogP) is 7.07. The number of hydrogen-bond acceptors (Lipinski definition) is 3. The number of phenols is 2. The maximum atomic E-state index is 10.3. The van der Waals surface area contributed by atoms with E-state index in [1.807, 2.05) is 6.08 Å². The first kappa shape index (κ1) is 25.8. The van der Waals surface area contributed by atoms with Crippen LogP contribution < -0.4 is 0 Å². The topological polar surface area (TPSA) is 60.7 Å². The lowest BCUT2D eigenvalue weighted by Crippen LogP contribution is -2.03. The van der Waals surface area contributed by atoms with E-state index in [2.05, 4.69) is 52.8 Å². The predicted molar refractivity (Wildman–Crippen MR) is 128 cm³/mol. The Hall–Kier alpha value is -2.26. The highest BCUT2D eigenvalue weighted by atomic mass is 16.3. The molecule has 0 aliphatic rings. The molecular weight excluding hydrogens is 372 g/mol. The number of aliphatic hydroxyl groups is 1. The number of allylic oxidation sites excluding steroid dienone is 6. The minimum Gasteiger partial charge on any atom is -0.508 e. The third-order valence-electron chi connectivity index (χ3n) is 5.17. The highest BCUT2D eigenvalue weighted by Gasteiger charge is 2.06. The van der Waals surface area contributed by atoms with Crippen molar-refractivity contribution in [2.24, 2.45) is 0 Å². The van der Waals surface area contributed by atoms with Gasteiger partial charge in [0.2, 0.25) is 0 Å². The van der Waals surface area contributed by atoms with Gasteiger partial charge in [-0.05, 0) is 97.8 Å². The molecule has 1 aromatic carbocycles. The number of rotatable bonds is 11. The molecule has 0 heterocycles. The molecule has 0 saturated carbocycles. The lowest BCUT2D eigenvalue weighted by molar-refractivity contribution is 0.222. The minimum atomic E-state index is -0.429. The van der Waals surface area contributed by atoms with Crippen LogP contribution in [0.4, 0.5) is 0 Å². The van der Waals surface area contributed by atoms with Gasteiger partial charge in [-0.1, -0.05) is 46.6 Å². The molecule has 0 aliphatic heterocycles. The molecule has 1 unspecified atom stereocenters. The smallest absolute Gasteiger partial charge is 0.122 e. The van der Waals surface area contributed by atoms with Gasteiger partial charge in [0.25, 0.3) is 0 Å². The molecule has 3 heteroatoms. The van der Waals surface area contributed by atoms with Crippen LogP contribution in [0.25, 0.3) is 0 Å². The Morgan fingerprint density at radius 3 is 2.17 bits per heavy atom. The minimum absolute atomic E-state index is 0.185. The molecule has 1 atom stereocenters. The molecule has 3 nitrogen and oxygen atoms in total. The second kappa shape index (κ2) is 13.1. The molecule has 1 rings (SSSR count). The van der Waals surface area contributed by atoms with Crippen LogP contribution in [-0.4, -0.2) is 21.4 Å². The van der Waals surface area contributed by atoms with E-state index in [-0.39, 0.29) is 11.5 Å². The Morgan fingerprint density at radius 2 is 1.50 bits per heavy atom. The van der Waals surface area contributed by atoms with Gasteiger partial charge in [-0.25, -0.2) is 0 Å². The summed E-state index contributed by atoms with van der Waals surface area (Å²) in [5, 5.41) is 30.1. The van der Waals surface area contributed by atoms with Crippen molar-refractivity contribution in [2.45, 2.75) is 86.2 Å². The summed E-state index contributed by atoms with van der Waals surface area (Å²) in [7, 11) is 0. The average molecular weight is 413 g/mol. The van der Waals surface area contributed by atoms with Crippen molar-refractivity contribution in [1.29, 1.82) is 0 Å². The normalized spacial score (nSPS) is 14.0. The van der Waals surface area contributed by atoms with Crippen molar-refractivity contribution in [2.75, 3.05) is 0 Å². The number of aliphatic hydroxyl groups excluding tert-OH is 1. The molecule has 0 saturated heterocycles. The van der Waals surface area contributed by atoms with E-state index >= 15 is 0 Å². The molecule has 0 spiro atoms.